The molecule has 2 atom stereocenters. The van der Waals surface area contributed by atoms with Crippen LogP contribution in [0.4, 0.5) is 26.3 Å². The van der Waals surface area contributed by atoms with Gasteiger partial charge in [-0.3, -0.25) is 4.79 Å². The Morgan fingerprint density at radius 2 is 1.71 bits per heavy atom. The van der Waals surface area contributed by atoms with E-state index in [0.29, 0.717) is 16.2 Å². The molecule has 0 radical (unpaired) electrons. The third-order valence-corrected chi connectivity index (χ3v) is 4.66. The van der Waals surface area contributed by atoms with Crippen LogP contribution in [0, 0.1) is 5.41 Å². The van der Waals surface area contributed by atoms with Crippen LogP contribution >= 0.6 is 0 Å². The largest absolute Gasteiger partial charge is 0.488 e. The number of nitrogens with zero attached hydrogens (tertiary/aromatic N) is 1. The van der Waals surface area contributed by atoms with Crippen molar-refractivity contribution in [2.24, 2.45) is 5.41 Å². The third-order valence-electron chi connectivity index (χ3n) is 4.66. The highest BCUT2D eigenvalue weighted by molar-refractivity contribution is 5.85. The number of ether oxygens (including phenoxy) is 1. The van der Waals surface area contributed by atoms with Gasteiger partial charge in [0, 0.05) is 12.0 Å². The van der Waals surface area contributed by atoms with E-state index in [1.165, 1.54) is 0 Å². The van der Waals surface area contributed by atoms with Gasteiger partial charge < -0.3 is 9.64 Å². The Morgan fingerprint density at radius 1 is 1.12 bits per heavy atom. The minimum Gasteiger partial charge on any atom is -0.488 e. The van der Waals surface area contributed by atoms with Crippen LogP contribution < -0.4 is 4.74 Å². The molecule has 1 fully saturated rings. The molecule has 1 amide bonds. The number of rotatable bonds is 1. The number of benzene rings is 1. The van der Waals surface area contributed by atoms with Crippen molar-refractivity contribution in [3.05, 3.63) is 29.8 Å². The first-order valence-electron chi connectivity index (χ1n) is 7.17. The molecule has 24 heavy (non-hydrogen) atoms. The topological polar surface area (TPSA) is 29.5 Å². The van der Waals surface area contributed by atoms with Crippen LogP contribution in [-0.4, -0.2) is 35.8 Å². The maximum Gasteiger partial charge on any atom is 0.411 e. The molecule has 0 saturated carbocycles. The van der Waals surface area contributed by atoms with Gasteiger partial charge in [0.2, 0.25) is 11.3 Å². The summed E-state index contributed by atoms with van der Waals surface area (Å²) >= 11 is 0. The Labute approximate surface area is 133 Å². The fourth-order valence-electron chi connectivity index (χ4n) is 3.14. The molecule has 1 saturated heterocycles. The Morgan fingerprint density at radius 3 is 2.29 bits per heavy atom. The molecule has 3 rings (SSSR count). The molecule has 2 aliphatic rings. The molecule has 0 N–H and O–H groups in total. The number of likely N-dealkylation sites (tertiary alicyclic amines) is 1. The molecule has 0 aromatic heterocycles. The molecule has 2 aliphatic heterocycles. The molecule has 2 bridgehead atoms. The van der Waals surface area contributed by atoms with Crippen LogP contribution in [0.2, 0.25) is 0 Å². The van der Waals surface area contributed by atoms with E-state index in [1.54, 1.807) is 24.3 Å². The molecule has 2 heterocycles. The fourth-order valence-corrected chi connectivity index (χ4v) is 3.14. The maximum atomic E-state index is 13.1. The highest BCUT2D eigenvalue weighted by atomic mass is 19.4. The molecule has 1 aromatic rings. The molecule has 1 aromatic carbocycles. The lowest BCUT2D eigenvalue weighted by atomic mass is 9.86. The highest BCUT2D eigenvalue weighted by Gasteiger charge is 2.74. The van der Waals surface area contributed by atoms with Gasteiger partial charge in [-0.2, -0.15) is 26.3 Å². The first kappa shape index (κ1) is 16.9. The van der Waals surface area contributed by atoms with E-state index >= 15 is 0 Å². The third kappa shape index (κ3) is 2.24. The van der Waals surface area contributed by atoms with Crippen LogP contribution in [0.3, 0.4) is 0 Å². The van der Waals surface area contributed by atoms with Crippen molar-refractivity contribution in [1.82, 2.24) is 4.90 Å². The zero-order chi connectivity index (χ0) is 17.9. The predicted octanol–water partition coefficient (Wildman–Crippen LogP) is 3.85. The first-order chi connectivity index (χ1) is 11.0. The zero-order valence-corrected chi connectivity index (χ0v) is 12.4. The number of halogens is 6. The van der Waals surface area contributed by atoms with Crippen LogP contribution in [0.5, 0.6) is 5.75 Å². The number of hydrogen-bond acceptors (Lipinski definition) is 2. The Balaban J connectivity index is 2.02. The Bertz CT molecular complexity index is 655. The number of carbonyl (C=O) groups excluding carboxylic acids is 1. The number of para-hydroxylation sites is 1. The monoisotopic (exact) mass is 353 g/mol. The number of carbonyl (C=O) groups is 1. The summed E-state index contributed by atoms with van der Waals surface area (Å²) in [7, 11) is 0. The Hall–Kier alpha value is -1.93. The molecule has 9 heteroatoms. The summed E-state index contributed by atoms with van der Waals surface area (Å²) in [4.78, 5) is 13.0. The van der Waals surface area contributed by atoms with Gasteiger partial charge in [-0.25, -0.2) is 0 Å². The van der Waals surface area contributed by atoms with Gasteiger partial charge in [-0.15, -0.1) is 0 Å². The second-order valence-electron chi connectivity index (χ2n) is 6.11. The summed E-state index contributed by atoms with van der Waals surface area (Å²) < 4.78 is 84.4. The van der Waals surface area contributed by atoms with Gasteiger partial charge in [0.1, 0.15) is 11.9 Å². The van der Waals surface area contributed by atoms with E-state index < -0.39 is 35.8 Å². The van der Waals surface area contributed by atoms with Gasteiger partial charge in [0.25, 0.3) is 0 Å². The van der Waals surface area contributed by atoms with Crippen LogP contribution in [-0.2, 0) is 4.79 Å². The first-order valence-corrected chi connectivity index (χ1v) is 7.17. The second-order valence-corrected chi connectivity index (χ2v) is 6.11. The van der Waals surface area contributed by atoms with Crippen LogP contribution in [0.15, 0.2) is 24.3 Å². The van der Waals surface area contributed by atoms with Gasteiger partial charge in [0.15, 0.2) is 0 Å². The average molecular weight is 353 g/mol. The lowest BCUT2D eigenvalue weighted by molar-refractivity contribution is -0.322. The number of fused-ring (bicyclic) bond motifs is 4. The molecular formula is C15H13F6NO2. The SMILES string of the molecule is CC(C(=O)N1C[C@@H]2C[C@H]1c1ccccc1O2)(C(F)(F)F)C(F)(F)F. The molecule has 0 spiro atoms. The van der Waals surface area contributed by atoms with E-state index in [-0.39, 0.29) is 19.9 Å². The number of alkyl halides is 6. The summed E-state index contributed by atoms with van der Waals surface area (Å²) in [5.41, 5.74) is -4.03. The average Bonchev–Trinajstić information content (AvgIpc) is 2.81. The molecule has 132 valence electrons. The number of amides is 1. The lowest BCUT2D eigenvalue weighted by Crippen LogP contribution is -2.58. The zero-order valence-electron chi connectivity index (χ0n) is 12.4. The predicted molar refractivity (Wildman–Crippen MR) is 70.1 cm³/mol. The van der Waals surface area contributed by atoms with Gasteiger partial charge in [-0.1, -0.05) is 18.2 Å². The second kappa shape index (κ2) is 5.03. The summed E-state index contributed by atoms with van der Waals surface area (Å²) in [6.07, 6.45) is -11.9. The molecular weight excluding hydrogens is 340 g/mol. The quantitative estimate of drug-likeness (QED) is 0.718. The van der Waals surface area contributed by atoms with Crippen molar-refractivity contribution in [2.75, 3.05) is 6.54 Å². The van der Waals surface area contributed by atoms with Crippen molar-refractivity contribution in [1.29, 1.82) is 0 Å². The van der Waals surface area contributed by atoms with Crippen molar-refractivity contribution in [3.63, 3.8) is 0 Å². The van der Waals surface area contributed by atoms with E-state index in [1.807, 2.05) is 0 Å². The van der Waals surface area contributed by atoms with E-state index in [9.17, 15) is 31.1 Å². The van der Waals surface area contributed by atoms with Crippen molar-refractivity contribution >= 4 is 5.91 Å². The van der Waals surface area contributed by atoms with Crippen LogP contribution in [0.1, 0.15) is 24.9 Å². The van der Waals surface area contributed by atoms with Gasteiger partial charge >= 0.3 is 12.4 Å². The van der Waals surface area contributed by atoms with Crippen molar-refractivity contribution in [2.45, 2.75) is 37.8 Å². The van der Waals surface area contributed by atoms with E-state index in [0.717, 1.165) is 0 Å². The molecule has 3 nitrogen and oxygen atoms in total. The minimum absolute atomic E-state index is 0.107. The Kier molecular flexibility index (Phi) is 3.55. The summed E-state index contributed by atoms with van der Waals surface area (Å²) in [5, 5.41) is 0. The molecule has 0 aliphatic carbocycles. The minimum atomic E-state index is -5.75. The standard InChI is InChI=1S/C15H13F6NO2/c1-13(14(16,17)18,15(19,20)21)12(23)22-7-8-6-10(22)9-4-2-3-5-11(9)24-8/h2-5,8,10H,6-7H2,1H3/t8-,10-/m0/s1. The number of hydrogen-bond donors (Lipinski definition) is 0. The van der Waals surface area contributed by atoms with Gasteiger partial charge in [0.05, 0.1) is 12.6 Å². The summed E-state index contributed by atoms with van der Waals surface area (Å²) in [5.74, 6) is -1.61. The normalized spacial score (nSPS) is 23.7. The summed E-state index contributed by atoms with van der Waals surface area (Å²) in [6.45, 7) is -0.412. The van der Waals surface area contributed by atoms with Crippen LogP contribution in [0.25, 0.3) is 0 Å². The van der Waals surface area contributed by atoms with Gasteiger partial charge in [-0.05, 0) is 13.0 Å². The van der Waals surface area contributed by atoms with Crippen molar-refractivity contribution in [3.8, 4) is 5.75 Å². The maximum absolute atomic E-state index is 13.1. The van der Waals surface area contributed by atoms with Crippen molar-refractivity contribution < 1.29 is 35.9 Å². The highest BCUT2D eigenvalue weighted by Crippen LogP contribution is 2.54. The fraction of sp³-hybridized carbons (Fsp3) is 0.533. The van der Waals surface area contributed by atoms with E-state index in [2.05, 4.69) is 0 Å². The molecule has 0 unspecified atom stereocenters. The smallest absolute Gasteiger partial charge is 0.411 e. The summed E-state index contributed by atoms with van der Waals surface area (Å²) in [6, 6.07) is 5.51. The lowest BCUT2D eigenvalue weighted by Gasteiger charge is -2.37. The van der Waals surface area contributed by atoms with E-state index in [4.69, 9.17) is 4.74 Å².